The fourth-order valence-corrected chi connectivity index (χ4v) is 2.54. The second kappa shape index (κ2) is 7.38. The lowest BCUT2D eigenvalue weighted by Crippen LogP contribution is -2.30. The van der Waals surface area contributed by atoms with Crippen molar-refractivity contribution in [2.75, 3.05) is 5.32 Å². The molecule has 0 spiro atoms. The maximum absolute atomic E-state index is 12.5. The summed E-state index contributed by atoms with van der Waals surface area (Å²) in [5, 5.41) is 7.10. The fourth-order valence-electron chi connectivity index (χ4n) is 1.89. The number of anilines is 1. The first-order valence-electron chi connectivity index (χ1n) is 7.05. The Bertz CT molecular complexity index is 841. The van der Waals surface area contributed by atoms with E-state index in [0.29, 0.717) is 5.82 Å². The molecule has 0 aliphatic heterocycles. The molecule has 0 radical (unpaired) electrons. The van der Waals surface area contributed by atoms with Gasteiger partial charge >= 0.3 is 0 Å². The van der Waals surface area contributed by atoms with Gasteiger partial charge in [-0.2, -0.15) is 0 Å². The van der Waals surface area contributed by atoms with Gasteiger partial charge in [0.2, 0.25) is 0 Å². The minimum Gasteiger partial charge on any atom is -0.459 e. The van der Waals surface area contributed by atoms with E-state index in [1.54, 1.807) is 36.5 Å². The highest BCUT2D eigenvalue weighted by molar-refractivity contribution is 7.10. The van der Waals surface area contributed by atoms with Gasteiger partial charge in [0, 0.05) is 11.1 Å². The predicted octanol–water partition coefficient (Wildman–Crippen LogP) is 3.15. The molecule has 24 heavy (non-hydrogen) atoms. The molecule has 0 unspecified atom stereocenters. The fraction of sp³-hybridized carbons (Fsp3) is 0. The molecular formula is C17H13N3O3S. The Labute approximate surface area is 141 Å². The van der Waals surface area contributed by atoms with E-state index in [1.165, 1.54) is 23.7 Å². The first-order chi connectivity index (χ1) is 11.7. The minimum atomic E-state index is -0.501. The van der Waals surface area contributed by atoms with Crippen LogP contribution in [0.1, 0.15) is 15.4 Å². The van der Waals surface area contributed by atoms with E-state index in [2.05, 4.69) is 15.6 Å². The van der Waals surface area contributed by atoms with Crippen molar-refractivity contribution in [1.82, 2.24) is 10.3 Å². The van der Waals surface area contributed by atoms with Gasteiger partial charge in [-0.3, -0.25) is 9.59 Å². The molecule has 0 saturated carbocycles. The van der Waals surface area contributed by atoms with Gasteiger partial charge in [-0.15, -0.1) is 11.3 Å². The molecule has 0 fully saturated rings. The normalized spacial score (nSPS) is 11.1. The number of amides is 2. The summed E-state index contributed by atoms with van der Waals surface area (Å²) in [7, 11) is 0. The SMILES string of the molecule is O=C(Nc1ccccn1)/C(=C\c1cccs1)NC(=O)c1ccco1. The van der Waals surface area contributed by atoms with E-state index < -0.39 is 11.8 Å². The van der Waals surface area contributed by atoms with E-state index in [4.69, 9.17) is 4.42 Å². The van der Waals surface area contributed by atoms with E-state index >= 15 is 0 Å². The Kier molecular flexibility index (Phi) is 4.83. The zero-order chi connectivity index (χ0) is 16.8. The number of carbonyl (C=O) groups excluding carboxylic acids is 2. The molecule has 0 aliphatic carbocycles. The van der Waals surface area contributed by atoms with E-state index in [1.807, 2.05) is 17.5 Å². The lowest BCUT2D eigenvalue weighted by atomic mass is 10.3. The molecular weight excluding hydrogens is 326 g/mol. The van der Waals surface area contributed by atoms with Crippen molar-refractivity contribution in [3.8, 4) is 0 Å². The van der Waals surface area contributed by atoms with Gasteiger partial charge in [-0.05, 0) is 41.8 Å². The molecule has 0 atom stereocenters. The number of rotatable bonds is 5. The molecule has 3 heterocycles. The maximum Gasteiger partial charge on any atom is 0.291 e. The average Bonchev–Trinajstić information content (AvgIpc) is 3.29. The molecule has 6 nitrogen and oxygen atoms in total. The summed E-state index contributed by atoms with van der Waals surface area (Å²) in [6, 6.07) is 12.0. The van der Waals surface area contributed by atoms with Gasteiger partial charge in [0.15, 0.2) is 5.76 Å². The quantitative estimate of drug-likeness (QED) is 0.699. The molecule has 3 rings (SSSR count). The summed E-state index contributed by atoms with van der Waals surface area (Å²) < 4.78 is 5.05. The number of thiophene rings is 1. The van der Waals surface area contributed by atoms with Crippen LogP contribution in [0.25, 0.3) is 6.08 Å². The van der Waals surface area contributed by atoms with Crippen molar-refractivity contribution in [3.05, 3.63) is 76.6 Å². The molecule has 0 aliphatic rings. The van der Waals surface area contributed by atoms with Crippen LogP contribution in [0.2, 0.25) is 0 Å². The van der Waals surface area contributed by atoms with Gasteiger partial charge in [0.25, 0.3) is 11.8 Å². The molecule has 7 heteroatoms. The summed E-state index contributed by atoms with van der Waals surface area (Å²) >= 11 is 1.45. The van der Waals surface area contributed by atoms with Crippen LogP contribution >= 0.6 is 11.3 Å². The maximum atomic E-state index is 12.5. The van der Waals surface area contributed by atoms with Crippen LogP contribution < -0.4 is 10.6 Å². The Morgan fingerprint density at radius 2 is 2.04 bits per heavy atom. The molecule has 2 amide bonds. The van der Waals surface area contributed by atoms with E-state index in [0.717, 1.165) is 4.88 Å². The van der Waals surface area contributed by atoms with Gasteiger partial charge in [0.05, 0.1) is 6.26 Å². The van der Waals surface area contributed by atoms with Gasteiger partial charge < -0.3 is 15.1 Å². The average molecular weight is 339 g/mol. The van der Waals surface area contributed by atoms with Crippen LogP contribution in [0.5, 0.6) is 0 Å². The number of aromatic nitrogens is 1. The summed E-state index contributed by atoms with van der Waals surface area (Å²) in [5.74, 6) is -0.453. The van der Waals surface area contributed by atoms with Crippen molar-refractivity contribution in [1.29, 1.82) is 0 Å². The highest BCUT2D eigenvalue weighted by atomic mass is 32.1. The second-order valence-corrected chi connectivity index (χ2v) is 5.65. The summed E-state index contributed by atoms with van der Waals surface area (Å²) in [4.78, 5) is 29.5. The van der Waals surface area contributed by atoms with Gasteiger partial charge in [-0.1, -0.05) is 12.1 Å². The lowest BCUT2D eigenvalue weighted by molar-refractivity contribution is -0.113. The van der Waals surface area contributed by atoms with Crippen LogP contribution in [0, 0.1) is 0 Å². The van der Waals surface area contributed by atoms with E-state index in [9.17, 15) is 9.59 Å². The Balaban J connectivity index is 1.82. The van der Waals surface area contributed by atoms with Crippen LogP contribution in [0.3, 0.4) is 0 Å². The van der Waals surface area contributed by atoms with Crippen molar-refractivity contribution in [3.63, 3.8) is 0 Å². The smallest absolute Gasteiger partial charge is 0.291 e. The Hall–Kier alpha value is -3.19. The van der Waals surface area contributed by atoms with Crippen molar-refractivity contribution >= 4 is 35.0 Å². The highest BCUT2D eigenvalue weighted by Crippen LogP contribution is 2.14. The number of nitrogens with zero attached hydrogens (tertiary/aromatic N) is 1. The summed E-state index contributed by atoms with van der Waals surface area (Å²) in [6.07, 6.45) is 4.56. The molecule has 2 N–H and O–H groups in total. The third-order valence-corrected chi connectivity index (χ3v) is 3.79. The van der Waals surface area contributed by atoms with Gasteiger partial charge in [-0.25, -0.2) is 4.98 Å². The summed E-state index contributed by atoms with van der Waals surface area (Å²) in [5.41, 5.74) is 0.101. The number of hydrogen-bond acceptors (Lipinski definition) is 5. The third-order valence-electron chi connectivity index (χ3n) is 2.97. The number of pyridine rings is 1. The van der Waals surface area contributed by atoms with Crippen LogP contribution in [-0.4, -0.2) is 16.8 Å². The van der Waals surface area contributed by atoms with Gasteiger partial charge in [0.1, 0.15) is 11.5 Å². The molecule has 0 bridgehead atoms. The topological polar surface area (TPSA) is 84.2 Å². The minimum absolute atomic E-state index is 0.101. The molecule has 0 saturated heterocycles. The first kappa shape index (κ1) is 15.7. The third kappa shape index (κ3) is 3.96. The Morgan fingerprint density at radius 3 is 2.71 bits per heavy atom. The largest absolute Gasteiger partial charge is 0.459 e. The molecule has 0 aromatic carbocycles. The molecule has 3 aromatic rings. The molecule has 120 valence electrons. The zero-order valence-corrected chi connectivity index (χ0v) is 13.2. The van der Waals surface area contributed by atoms with Crippen LogP contribution in [0.4, 0.5) is 5.82 Å². The lowest BCUT2D eigenvalue weighted by Gasteiger charge is -2.09. The standard InChI is InChI=1S/C17H13N3O3S/c21-16(20-15-7-1-2-8-18-15)13(11-12-5-4-10-24-12)19-17(22)14-6-3-9-23-14/h1-11H,(H,19,22)(H,18,20,21)/b13-11+. The van der Waals surface area contributed by atoms with Crippen molar-refractivity contribution in [2.24, 2.45) is 0 Å². The van der Waals surface area contributed by atoms with Crippen LogP contribution in [-0.2, 0) is 4.79 Å². The Morgan fingerprint density at radius 1 is 1.12 bits per heavy atom. The number of hydrogen-bond donors (Lipinski definition) is 2. The predicted molar refractivity (Wildman–Crippen MR) is 91.3 cm³/mol. The molecule has 3 aromatic heterocycles. The first-order valence-corrected chi connectivity index (χ1v) is 7.93. The number of nitrogens with one attached hydrogen (secondary N) is 2. The number of carbonyl (C=O) groups is 2. The highest BCUT2D eigenvalue weighted by Gasteiger charge is 2.17. The summed E-state index contributed by atoms with van der Waals surface area (Å²) in [6.45, 7) is 0. The zero-order valence-electron chi connectivity index (χ0n) is 12.4. The monoisotopic (exact) mass is 339 g/mol. The van der Waals surface area contributed by atoms with Crippen LogP contribution in [0.15, 0.2) is 70.4 Å². The van der Waals surface area contributed by atoms with Crippen molar-refractivity contribution in [2.45, 2.75) is 0 Å². The van der Waals surface area contributed by atoms with E-state index in [-0.39, 0.29) is 11.5 Å². The number of furan rings is 1. The van der Waals surface area contributed by atoms with Crippen molar-refractivity contribution < 1.29 is 14.0 Å². The second-order valence-electron chi connectivity index (χ2n) is 4.67.